The average Bonchev–Trinajstić information content (AvgIpc) is 3.47. The summed E-state index contributed by atoms with van der Waals surface area (Å²) in [7, 11) is 0. The number of hydrogen-bond donors (Lipinski definition) is 0. The zero-order valence-electron chi connectivity index (χ0n) is 52.3. The highest BCUT2D eigenvalue weighted by molar-refractivity contribution is 5.54. The lowest BCUT2D eigenvalue weighted by molar-refractivity contribution is 0.232. The Morgan fingerprint density at radius 3 is 0.835 bits per heavy atom. The predicted molar refractivity (Wildman–Crippen MR) is 345 cm³/mol. The predicted octanol–water partition coefficient (Wildman–Crippen LogP) is 24.6. The summed E-state index contributed by atoms with van der Waals surface area (Å²) in [4.78, 5) is 0. The van der Waals surface area contributed by atoms with E-state index in [1.165, 1.54) is 289 Å². The highest BCUT2D eigenvalue weighted by Crippen LogP contribution is 2.40. The summed E-state index contributed by atoms with van der Waals surface area (Å²) in [5, 5.41) is 0. The molecule has 3 rings (SSSR count). The Morgan fingerprint density at radius 2 is 0.532 bits per heavy atom. The van der Waals surface area contributed by atoms with Gasteiger partial charge in [-0.3, -0.25) is 0 Å². The minimum Gasteiger partial charge on any atom is -0.490 e. The fourth-order valence-electron chi connectivity index (χ4n) is 11.0. The summed E-state index contributed by atoms with van der Waals surface area (Å²) < 4.78 is 26.6. The van der Waals surface area contributed by atoms with Gasteiger partial charge >= 0.3 is 0 Å². The van der Waals surface area contributed by atoms with Gasteiger partial charge < -0.3 is 18.9 Å². The first-order valence-corrected chi connectivity index (χ1v) is 34.6. The second-order valence-corrected chi connectivity index (χ2v) is 23.8. The maximum absolute atomic E-state index is 6.74. The van der Waals surface area contributed by atoms with Gasteiger partial charge in [-0.05, 0) is 73.4 Å². The summed E-state index contributed by atoms with van der Waals surface area (Å²) in [6, 6.07) is 22.6. The van der Waals surface area contributed by atoms with Crippen LogP contribution in [0.15, 0.2) is 66.7 Å². The minimum absolute atomic E-state index is 0.416. The van der Waals surface area contributed by atoms with Gasteiger partial charge in [0.1, 0.15) is 12.4 Å². The first kappa shape index (κ1) is 69.7. The molecule has 0 radical (unpaired) electrons. The molecule has 0 aliphatic carbocycles. The molecular formula is C75H124O4. The standard InChI is InChI=1S/C75H124O4/c1-4-7-10-13-16-19-22-25-28-31-34-37-40-43-46-52-63-76-73-66-71(68-79-72-61-59-70(60-62-72)58-57-69-55-50-49-51-56-69)67-74(77-64-53-47-44-41-38-35-32-29-26-23-20-17-14-11-8-5-2)75(73)78-65-54-48-45-42-39-36-33-30-27-24-21-18-15-12-9-6-3/h49-51,55-56,59-62,66-67H,4-48,52-54,63-65,68H2,1-3H3. The topological polar surface area (TPSA) is 36.9 Å². The van der Waals surface area contributed by atoms with Crippen molar-refractivity contribution < 1.29 is 18.9 Å². The summed E-state index contributed by atoms with van der Waals surface area (Å²) in [6.07, 6.45) is 65.3. The summed E-state index contributed by atoms with van der Waals surface area (Å²) in [5.41, 5.74) is 3.02. The van der Waals surface area contributed by atoms with E-state index in [9.17, 15) is 0 Å². The van der Waals surface area contributed by atoms with E-state index >= 15 is 0 Å². The quantitative estimate of drug-likeness (QED) is 0.0417. The molecule has 0 saturated heterocycles. The molecule has 0 aromatic heterocycles. The zero-order chi connectivity index (χ0) is 55.8. The number of ether oxygens (including phenoxy) is 4. The van der Waals surface area contributed by atoms with Crippen molar-refractivity contribution in [2.45, 2.75) is 336 Å². The molecule has 0 N–H and O–H groups in total. The van der Waals surface area contributed by atoms with E-state index in [1.54, 1.807) is 0 Å². The van der Waals surface area contributed by atoms with Crippen LogP contribution < -0.4 is 18.9 Å². The highest BCUT2D eigenvalue weighted by atomic mass is 16.5. The van der Waals surface area contributed by atoms with Gasteiger partial charge in [0.2, 0.25) is 5.75 Å². The molecule has 3 aromatic carbocycles. The Kier molecular flexibility index (Phi) is 47.4. The molecule has 79 heavy (non-hydrogen) atoms. The third kappa shape index (κ3) is 41.1. The number of hydrogen-bond acceptors (Lipinski definition) is 4. The molecule has 0 atom stereocenters. The van der Waals surface area contributed by atoms with Gasteiger partial charge in [-0.25, -0.2) is 0 Å². The third-order valence-corrected chi connectivity index (χ3v) is 16.2. The van der Waals surface area contributed by atoms with Crippen LogP contribution in [0, 0.1) is 11.8 Å². The highest BCUT2D eigenvalue weighted by Gasteiger charge is 2.17. The zero-order valence-corrected chi connectivity index (χ0v) is 52.3. The maximum atomic E-state index is 6.74. The lowest BCUT2D eigenvalue weighted by Crippen LogP contribution is -2.08. The molecule has 0 bridgehead atoms. The van der Waals surface area contributed by atoms with E-state index in [0.29, 0.717) is 26.4 Å². The van der Waals surface area contributed by atoms with Crippen molar-refractivity contribution in [3.8, 4) is 34.8 Å². The van der Waals surface area contributed by atoms with Crippen molar-refractivity contribution in [3.05, 3.63) is 83.4 Å². The molecule has 0 fully saturated rings. The molecule has 0 heterocycles. The second kappa shape index (κ2) is 53.7. The molecule has 0 saturated carbocycles. The molecule has 0 aliphatic heterocycles. The Hall–Kier alpha value is -3.58. The van der Waals surface area contributed by atoms with Crippen LogP contribution in [-0.4, -0.2) is 19.8 Å². The molecule has 3 aromatic rings. The van der Waals surface area contributed by atoms with Crippen LogP contribution >= 0.6 is 0 Å². The van der Waals surface area contributed by atoms with Crippen molar-refractivity contribution in [3.63, 3.8) is 0 Å². The molecular weight excluding hydrogens is 965 g/mol. The van der Waals surface area contributed by atoms with Crippen LogP contribution in [0.3, 0.4) is 0 Å². The first-order chi connectivity index (χ1) is 39.2. The normalized spacial score (nSPS) is 11.2. The monoisotopic (exact) mass is 1090 g/mol. The number of rotatable bonds is 57. The Bertz CT molecular complexity index is 1750. The molecule has 448 valence electrons. The molecule has 0 aliphatic rings. The van der Waals surface area contributed by atoms with Gasteiger partial charge in [-0.2, -0.15) is 0 Å². The van der Waals surface area contributed by atoms with E-state index in [1.807, 2.05) is 54.6 Å². The van der Waals surface area contributed by atoms with Crippen LogP contribution in [0.2, 0.25) is 0 Å². The minimum atomic E-state index is 0.416. The van der Waals surface area contributed by atoms with Crippen LogP contribution in [-0.2, 0) is 6.61 Å². The molecule has 0 unspecified atom stereocenters. The Balaban J connectivity index is 1.53. The molecule has 4 heteroatoms. The van der Waals surface area contributed by atoms with E-state index < -0.39 is 0 Å². The Morgan fingerprint density at radius 1 is 0.266 bits per heavy atom. The van der Waals surface area contributed by atoms with E-state index in [0.717, 1.165) is 59.0 Å². The van der Waals surface area contributed by atoms with Gasteiger partial charge in [0.15, 0.2) is 11.5 Å². The van der Waals surface area contributed by atoms with Crippen LogP contribution in [0.5, 0.6) is 23.0 Å². The van der Waals surface area contributed by atoms with E-state index in [4.69, 9.17) is 18.9 Å². The first-order valence-electron chi connectivity index (χ1n) is 34.6. The van der Waals surface area contributed by atoms with Crippen molar-refractivity contribution in [1.29, 1.82) is 0 Å². The summed E-state index contributed by atoms with van der Waals surface area (Å²) in [6.45, 7) is 9.38. The summed E-state index contributed by atoms with van der Waals surface area (Å²) in [5.74, 6) is 9.76. The van der Waals surface area contributed by atoms with Crippen LogP contribution in [0.4, 0.5) is 0 Å². The van der Waals surface area contributed by atoms with Crippen molar-refractivity contribution in [1.82, 2.24) is 0 Å². The third-order valence-electron chi connectivity index (χ3n) is 16.2. The lowest BCUT2D eigenvalue weighted by atomic mass is 10.0. The fraction of sp³-hybridized carbons (Fsp3) is 0.733. The molecule has 0 amide bonds. The maximum Gasteiger partial charge on any atom is 0.203 e. The van der Waals surface area contributed by atoms with E-state index in [-0.39, 0.29) is 0 Å². The fourth-order valence-corrected chi connectivity index (χ4v) is 11.0. The van der Waals surface area contributed by atoms with Gasteiger partial charge in [-0.15, -0.1) is 0 Å². The van der Waals surface area contributed by atoms with Gasteiger partial charge in [0.05, 0.1) is 19.8 Å². The second-order valence-electron chi connectivity index (χ2n) is 23.8. The van der Waals surface area contributed by atoms with Crippen molar-refractivity contribution in [2.24, 2.45) is 0 Å². The largest absolute Gasteiger partial charge is 0.490 e. The van der Waals surface area contributed by atoms with Crippen LogP contribution in [0.1, 0.15) is 346 Å². The van der Waals surface area contributed by atoms with Gasteiger partial charge in [0, 0.05) is 11.1 Å². The van der Waals surface area contributed by atoms with Crippen molar-refractivity contribution in [2.75, 3.05) is 19.8 Å². The van der Waals surface area contributed by atoms with E-state index in [2.05, 4.69) is 44.7 Å². The Labute approximate surface area is 490 Å². The number of unbranched alkanes of at least 4 members (excludes halogenated alkanes) is 45. The average molecular weight is 1090 g/mol. The molecule has 4 nitrogen and oxygen atoms in total. The lowest BCUT2D eigenvalue weighted by Gasteiger charge is -2.19. The number of benzene rings is 3. The van der Waals surface area contributed by atoms with Gasteiger partial charge in [-0.1, -0.05) is 340 Å². The SMILES string of the molecule is CCCCCCCCCCCCCCCCCCOc1cc(COc2ccc(C#Cc3ccccc3)cc2)cc(OCCCCCCCCCCCCCCCCCC)c1OCCCCCCCCCCCCCCCCCC. The smallest absolute Gasteiger partial charge is 0.203 e. The van der Waals surface area contributed by atoms with Gasteiger partial charge in [0.25, 0.3) is 0 Å². The molecule has 0 spiro atoms. The summed E-state index contributed by atoms with van der Waals surface area (Å²) >= 11 is 0. The van der Waals surface area contributed by atoms with Crippen LogP contribution in [0.25, 0.3) is 0 Å². The van der Waals surface area contributed by atoms with Crippen molar-refractivity contribution >= 4 is 0 Å².